The molecule has 132 valence electrons. The van der Waals surface area contributed by atoms with E-state index in [9.17, 15) is 18.3 Å². The number of aliphatic carboxylic acids is 1. The van der Waals surface area contributed by atoms with Crippen LogP contribution in [0.3, 0.4) is 0 Å². The normalized spacial score (nSPS) is 22.4. The molecule has 0 aromatic heterocycles. The third-order valence-corrected chi connectivity index (χ3v) is 7.99. The minimum absolute atomic E-state index is 0.0503. The van der Waals surface area contributed by atoms with Crippen LogP contribution in [0.25, 0.3) is 11.1 Å². The number of rotatable bonds is 4. The molecular weight excluding hydrogens is 404 g/mol. The van der Waals surface area contributed by atoms with E-state index in [1.54, 1.807) is 12.1 Å². The van der Waals surface area contributed by atoms with Gasteiger partial charge >= 0.3 is 5.97 Å². The number of benzene rings is 2. The van der Waals surface area contributed by atoms with Crippen LogP contribution in [0, 0.1) is 0 Å². The third kappa shape index (κ3) is 3.51. The molecule has 0 saturated carbocycles. The molecule has 1 N–H and O–H groups in total. The highest BCUT2D eigenvalue weighted by molar-refractivity contribution is 9.10. The van der Waals surface area contributed by atoms with Crippen LogP contribution in [-0.4, -0.2) is 25.2 Å². The van der Waals surface area contributed by atoms with Crippen molar-refractivity contribution in [1.82, 2.24) is 0 Å². The Bertz CT molecular complexity index is 873. The zero-order valence-corrected chi connectivity index (χ0v) is 16.0. The number of carboxylic acids is 1. The molecule has 1 atom stereocenters. The van der Waals surface area contributed by atoms with Gasteiger partial charge in [0.1, 0.15) is 4.75 Å². The molecule has 2 aromatic rings. The number of hydrogen-bond acceptors (Lipinski definition) is 3. The number of sulfone groups is 1. The lowest BCUT2D eigenvalue weighted by atomic mass is 9.88. The van der Waals surface area contributed by atoms with E-state index in [4.69, 9.17) is 0 Å². The Kier molecular flexibility index (Phi) is 5.02. The van der Waals surface area contributed by atoms with Crippen molar-refractivity contribution < 1.29 is 18.3 Å². The average Bonchev–Trinajstić information content (AvgIpc) is 2.57. The van der Waals surface area contributed by atoms with E-state index in [0.29, 0.717) is 18.4 Å². The zero-order chi connectivity index (χ0) is 18.1. The molecular formula is C19H19BrO4S. The summed E-state index contributed by atoms with van der Waals surface area (Å²) < 4.78 is 25.2. The number of carboxylic acid groups (broad SMARTS) is 1. The Hall–Kier alpha value is -1.66. The standard InChI is InChI=1S/C19H19BrO4S/c20-17-9-5-15(6-10-17)14-3-7-16(8-4-14)19(13-18(21)22)11-1-2-12-25(19,23)24/h3-10H,1-2,11-13H2,(H,21,22). The molecule has 2 aromatic carbocycles. The van der Waals surface area contributed by atoms with Gasteiger partial charge in [-0.2, -0.15) is 0 Å². The molecule has 1 aliphatic heterocycles. The van der Waals surface area contributed by atoms with Crippen molar-refractivity contribution >= 4 is 31.7 Å². The summed E-state index contributed by atoms with van der Waals surface area (Å²) in [5, 5.41) is 9.31. The van der Waals surface area contributed by atoms with Gasteiger partial charge in [0.25, 0.3) is 0 Å². The molecule has 0 spiro atoms. The predicted molar refractivity (Wildman–Crippen MR) is 101 cm³/mol. The highest BCUT2D eigenvalue weighted by Gasteiger charge is 2.48. The zero-order valence-electron chi connectivity index (χ0n) is 13.6. The van der Waals surface area contributed by atoms with Crippen LogP contribution >= 0.6 is 15.9 Å². The van der Waals surface area contributed by atoms with Crippen molar-refractivity contribution in [3.05, 3.63) is 58.6 Å². The lowest BCUT2D eigenvalue weighted by molar-refractivity contribution is -0.137. The first-order chi connectivity index (χ1) is 11.8. The lowest BCUT2D eigenvalue weighted by Crippen LogP contribution is -2.42. The van der Waals surface area contributed by atoms with E-state index < -0.39 is 20.6 Å². The van der Waals surface area contributed by atoms with Crippen molar-refractivity contribution in [2.45, 2.75) is 30.4 Å². The van der Waals surface area contributed by atoms with Gasteiger partial charge in [0.05, 0.1) is 12.2 Å². The molecule has 1 heterocycles. The van der Waals surface area contributed by atoms with Crippen molar-refractivity contribution in [1.29, 1.82) is 0 Å². The van der Waals surface area contributed by atoms with Gasteiger partial charge in [0.15, 0.2) is 9.84 Å². The molecule has 1 aliphatic rings. The SMILES string of the molecule is O=C(O)CC1(c2ccc(-c3ccc(Br)cc3)cc2)CCCCS1(=O)=O. The Morgan fingerprint density at radius 1 is 1.00 bits per heavy atom. The van der Waals surface area contributed by atoms with E-state index in [-0.39, 0.29) is 12.2 Å². The van der Waals surface area contributed by atoms with Gasteiger partial charge in [-0.1, -0.05) is 58.7 Å². The van der Waals surface area contributed by atoms with Crippen molar-refractivity contribution in [3.63, 3.8) is 0 Å². The van der Waals surface area contributed by atoms with Gasteiger partial charge in [0, 0.05) is 4.47 Å². The van der Waals surface area contributed by atoms with Gasteiger partial charge in [0.2, 0.25) is 0 Å². The number of halogens is 1. The van der Waals surface area contributed by atoms with Crippen LogP contribution < -0.4 is 0 Å². The lowest BCUT2D eigenvalue weighted by Gasteiger charge is -2.36. The van der Waals surface area contributed by atoms with Gasteiger partial charge < -0.3 is 5.11 Å². The van der Waals surface area contributed by atoms with E-state index in [0.717, 1.165) is 22.0 Å². The van der Waals surface area contributed by atoms with Crippen LogP contribution in [0.2, 0.25) is 0 Å². The monoisotopic (exact) mass is 422 g/mol. The summed E-state index contributed by atoms with van der Waals surface area (Å²) in [6.45, 7) is 0. The highest BCUT2D eigenvalue weighted by Crippen LogP contribution is 2.43. The largest absolute Gasteiger partial charge is 0.481 e. The van der Waals surface area contributed by atoms with Gasteiger partial charge in [-0.05, 0) is 41.7 Å². The summed E-state index contributed by atoms with van der Waals surface area (Å²) in [6.07, 6.45) is 1.30. The van der Waals surface area contributed by atoms with Crippen LogP contribution in [0.15, 0.2) is 53.0 Å². The maximum atomic E-state index is 12.8. The van der Waals surface area contributed by atoms with Crippen LogP contribution in [0.4, 0.5) is 0 Å². The topological polar surface area (TPSA) is 71.4 Å². The van der Waals surface area contributed by atoms with E-state index in [2.05, 4.69) is 15.9 Å². The molecule has 0 radical (unpaired) electrons. The predicted octanol–water partition coefficient (Wildman–Crippen LogP) is 4.38. The molecule has 0 aliphatic carbocycles. The second-order valence-corrected chi connectivity index (χ2v) is 9.76. The molecule has 0 bridgehead atoms. The van der Waals surface area contributed by atoms with Crippen LogP contribution in [0.5, 0.6) is 0 Å². The Labute approximate surface area is 155 Å². The second-order valence-electron chi connectivity index (χ2n) is 6.43. The molecule has 1 saturated heterocycles. The average molecular weight is 423 g/mol. The van der Waals surface area contributed by atoms with Crippen LogP contribution in [-0.2, 0) is 19.4 Å². The quantitative estimate of drug-likeness (QED) is 0.792. The van der Waals surface area contributed by atoms with E-state index >= 15 is 0 Å². The van der Waals surface area contributed by atoms with E-state index in [1.165, 1.54) is 0 Å². The first-order valence-corrected chi connectivity index (χ1v) is 10.6. The number of hydrogen-bond donors (Lipinski definition) is 1. The maximum absolute atomic E-state index is 12.8. The molecule has 6 heteroatoms. The first kappa shape index (κ1) is 18.1. The molecule has 1 unspecified atom stereocenters. The fraction of sp³-hybridized carbons (Fsp3) is 0.316. The third-order valence-electron chi connectivity index (χ3n) is 4.86. The number of carbonyl (C=O) groups is 1. The molecule has 3 rings (SSSR count). The smallest absolute Gasteiger partial charge is 0.305 e. The summed E-state index contributed by atoms with van der Waals surface area (Å²) in [6, 6.07) is 15.1. The van der Waals surface area contributed by atoms with Crippen molar-refractivity contribution in [2.75, 3.05) is 5.75 Å². The van der Waals surface area contributed by atoms with Crippen LogP contribution in [0.1, 0.15) is 31.2 Å². The summed E-state index contributed by atoms with van der Waals surface area (Å²) in [4.78, 5) is 11.4. The first-order valence-electron chi connectivity index (χ1n) is 8.15. The molecule has 25 heavy (non-hydrogen) atoms. The fourth-order valence-electron chi connectivity index (χ4n) is 3.53. The summed E-state index contributed by atoms with van der Waals surface area (Å²) in [7, 11) is -3.50. The molecule has 4 nitrogen and oxygen atoms in total. The maximum Gasteiger partial charge on any atom is 0.305 e. The van der Waals surface area contributed by atoms with Gasteiger partial charge in [-0.3, -0.25) is 4.79 Å². The summed E-state index contributed by atoms with van der Waals surface area (Å²) in [5.74, 6) is -1.03. The minimum atomic E-state index is -3.50. The highest BCUT2D eigenvalue weighted by atomic mass is 79.9. The van der Waals surface area contributed by atoms with E-state index in [1.807, 2.05) is 36.4 Å². The molecule has 1 fully saturated rings. The van der Waals surface area contributed by atoms with Crippen molar-refractivity contribution in [2.24, 2.45) is 0 Å². The summed E-state index contributed by atoms with van der Waals surface area (Å²) in [5.41, 5.74) is 2.57. The second kappa shape index (κ2) is 6.92. The Morgan fingerprint density at radius 3 is 2.08 bits per heavy atom. The minimum Gasteiger partial charge on any atom is -0.481 e. The summed E-state index contributed by atoms with van der Waals surface area (Å²) >= 11 is 3.40. The van der Waals surface area contributed by atoms with Gasteiger partial charge in [-0.15, -0.1) is 0 Å². The molecule has 0 amide bonds. The fourth-order valence-corrected chi connectivity index (χ4v) is 6.06. The van der Waals surface area contributed by atoms with Crippen molar-refractivity contribution in [3.8, 4) is 11.1 Å². The Morgan fingerprint density at radius 2 is 1.56 bits per heavy atom. The Balaban J connectivity index is 2.02. The van der Waals surface area contributed by atoms with Gasteiger partial charge in [-0.25, -0.2) is 8.42 Å².